The van der Waals surface area contributed by atoms with Gasteiger partial charge in [0.15, 0.2) is 0 Å². The van der Waals surface area contributed by atoms with Crippen LogP contribution in [0.2, 0.25) is 10.0 Å². The normalized spacial score (nSPS) is 15.0. The Balaban J connectivity index is 1.91. The molecule has 0 fully saturated rings. The van der Waals surface area contributed by atoms with E-state index in [9.17, 15) is 14.3 Å². The molecule has 2 unspecified atom stereocenters. The summed E-state index contributed by atoms with van der Waals surface area (Å²) in [6, 6.07) is 12.4. The van der Waals surface area contributed by atoms with Crippen molar-refractivity contribution >= 4 is 64.0 Å². The van der Waals surface area contributed by atoms with Gasteiger partial charge in [-0.2, -0.15) is 0 Å². The minimum atomic E-state index is -3.77. The second-order valence-corrected chi connectivity index (χ2v) is 10.2. The van der Waals surface area contributed by atoms with Gasteiger partial charge in [0.05, 0.1) is 0 Å². The SMILES string of the molecule is CP(=O)(O)C(C(=O)NC=Cc1ccccc1Cl)c1csc2ccc(Cl)cc12. The minimum absolute atomic E-state index is 0.495. The Kier molecular flexibility index (Phi) is 6.09. The summed E-state index contributed by atoms with van der Waals surface area (Å²) in [5.41, 5.74) is 0.0301. The number of carbonyl (C=O) groups is 1. The number of rotatable bonds is 5. The highest BCUT2D eigenvalue weighted by molar-refractivity contribution is 7.58. The quantitative estimate of drug-likeness (QED) is 0.483. The molecule has 3 rings (SSSR count). The number of fused-ring (bicyclic) bond motifs is 1. The van der Waals surface area contributed by atoms with E-state index in [1.54, 1.807) is 41.8 Å². The van der Waals surface area contributed by atoms with E-state index in [1.807, 2.05) is 12.1 Å². The molecule has 0 saturated carbocycles. The van der Waals surface area contributed by atoms with Crippen molar-refractivity contribution in [2.75, 3.05) is 6.66 Å². The highest BCUT2D eigenvalue weighted by Crippen LogP contribution is 2.54. The van der Waals surface area contributed by atoms with Crippen LogP contribution in [0, 0.1) is 0 Å². The van der Waals surface area contributed by atoms with Crippen LogP contribution in [0.1, 0.15) is 16.8 Å². The molecule has 140 valence electrons. The van der Waals surface area contributed by atoms with Crippen molar-refractivity contribution < 1.29 is 14.3 Å². The summed E-state index contributed by atoms with van der Waals surface area (Å²) in [4.78, 5) is 23.0. The van der Waals surface area contributed by atoms with Crippen molar-refractivity contribution in [3.63, 3.8) is 0 Å². The number of halogens is 2. The summed E-state index contributed by atoms with van der Waals surface area (Å²) < 4.78 is 13.4. The molecule has 2 atom stereocenters. The van der Waals surface area contributed by atoms with E-state index >= 15 is 0 Å². The molecule has 0 radical (unpaired) electrons. The zero-order valence-electron chi connectivity index (χ0n) is 14.2. The Labute approximate surface area is 170 Å². The summed E-state index contributed by atoms with van der Waals surface area (Å²) in [6.45, 7) is 1.18. The van der Waals surface area contributed by atoms with Crippen LogP contribution in [0.4, 0.5) is 0 Å². The van der Waals surface area contributed by atoms with Crippen LogP contribution < -0.4 is 5.32 Å². The molecule has 1 amide bonds. The molecule has 0 saturated heterocycles. The fourth-order valence-electron chi connectivity index (χ4n) is 2.75. The van der Waals surface area contributed by atoms with Crippen LogP contribution in [0.15, 0.2) is 54.0 Å². The highest BCUT2D eigenvalue weighted by Gasteiger charge is 2.36. The molecule has 2 N–H and O–H groups in total. The molecular weight excluding hydrogens is 424 g/mol. The van der Waals surface area contributed by atoms with Gasteiger partial charge in [-0.25, -0.2) is 0 Å². The van der Waals surface area contributed by atoms with Gasteiger partial charge < -0.3 is 10.2 Å². The number of benzene rings is 2. The first-order valence-electron chi connectivity index (χ1n) is 7.95. The molecule has 4 nitrogen and oxygen atoms in total. The number of hydrogen-bond donors (Lipinski definition) is 2. The lowest BCUT2D eigenvalue weighted by Gasteiger charge is -2.18. The third-order valence-corrected chi connectivity index (χ3v) is 7.01. The molecule has 27 heavy (non-hydrogen) atoms. The fourth-order valence-corrected chi connectivity index (χ4v) is 5.43. The van der Waals surface area contributed by atoms with Gasteiger partial charge in [0.1, 0.15) is 5.66 Å². The van der Waals surface area contributed by atoms with Crippen LogP contribution >= 0.6 is 41.9 Å². The molecular formula is C19H16Cl2NO3PS. The minimum Gasteiger partial charge on any atom is -0.344 e. The molecule has 3 aromatic rings. The van der Waals surface area contributed by atoms with Gasteiger partial charge >= 0.3 is 0 Å². The summed E-state index contributed by atoms with van der Waals surface area (Å²) in [7, 11) is -3.77. The molecule has 0 bridgehead atoms. The number of hydrogen-bond acceptors (Lipinski definition) is 3. The van der Waals surface area contributed by atoms with Gasteiger partial charge in [-0.15, -0.1) is 11.3 Å². The average molecular weight is 440 g/mol. The number of nitrogens with one attached hydrogen (secondary N) is 1. The average Bonchev–Trinajstić information content (AvgIpc) is 2.98. The van der Waals surface area contributed by atoms with Crippen LogP contribution in [0.25, 0.3) is 16.2 Å². The first kappa shape index (κ1) is 20.1. The van der Waals surface area contributed by atoms with E-state index in [4.69, 9.17) is 23.2 Å². The maximum Gasteiger partial charge on any atom is 0.241 e. The number of carbonyl (C=O) groups excluding carboxylic acids is 1. The summed E-state index contributed by atoms with van der Waals surface area (Å²) in [5, 5.41) is 6.08. The molecule has 2 aromatic carbocycles. The second-order valence-electron chi connectivity index (χ2n) is 6.04. The van der Waals surface area contributed by atoms with E-state index in [2.05, 4.69) is 5.32 Å². The standard InChI is InChI=1S/C19H16Cl2NO3PS/c1-26(24,25)18(15-11-27-17-7-6-13(20)10-14(15)17)19(23)22-9-8-12-4-2-3-5-16(12)21/h2-11,18H,1H3,(H,22,23)(H,24,25). The highest BCUT2D eigenvalue weighted by atomic mass is 35.5. The lowest BCUT2D eigenvalue weighted by atomic mass is 10.1. The Bertz CT molecular complexity index is 1070. The van der Waals surface area contributed by atoms with Crippen molar-refractivity contribution in [1.82, 2.24) is 5.32 Å². The second kappa shape index (κ2) is 8.17. The number of amides is 1. The van der Waals surface area contributed by atoms with Crippen molar-refractivity contribution in [1.29, 1.82) is 0 Å². The predicted molar refractivity (Wildman–Crippen MR) is 114 cm³/mol. The molecule has 1 heterocycles. The maximum absolute atomic E-state index is 12.7. The Morgan fingerprint density at radius 1 is 1.26 bits per heavy atom. The van der Waals surface area contributed by atoms with Crippen molar-refractivity contribution in [3.8, 4) is 0 Å². The third kappa shape index (κ3) is 4.63. The van der Waals surface area contributed by atoms with Gasteiger partial charge in [-0.1, -0.05) is 41.4 Å². The Morgan fingerprint density at radius 3 is 2.70 bits per heavy atom. The molecule has 1 aromatic heterocycles. The summed E-state index contributed by atoms with van der Waals surface area (Å²) in [5.74, 6) is -0.564. The zero-order valence-corrected chi connectivity index (χ0v) is 17.4. The lowest BCUT2D eigenvalue weighted by molar-refractivity contribution is -0.120. The fraction of sp³-hybridized carbons (Fsp3) is 0.105. The largest absolute Gasteiger partial charge is 0.344 e. The van der Waals surface area contributed by atoms with Crippen LogP contribution in [-0.4, -0.2) is 17.5 Å². The predicted octanol–water partition coefficient (Wildman–Crippen LogP) is 5.94. The van der Waals surface area contributed by atoms with Gasteiger partial charge in [0.25, 0.3) is 0 Å². The Morgan fingerprint density at radius 2 is 2.00 bits per heavy atom. The summed E-state index contributed by atoms with van der Waals surface area (Å²) in [6.07, 6.45) is 3.06. The maximum atomic E-state index is 12.7. The van der Waals surface area contributed by atoms with Crippen LogP contribution in [0.3, 0.4) is 0 Å². The molecule has 0 spiro atoms. The summed E-state index contributed by atoms with van der Waals surface area (Å²) >= 11 is 13.5. The first-order valence-corrected chi connectivity index (χ1v) is 11.8. The van der Waals surface area contributed by atoms with E-state index in [-0.39, 0.29) is 0 Å². The lowest BCUT2D eigenvalue weighted by Crippen LogP contribution is -2.25. The van der Waals surface area contributed by atoms with E-state index < -0.39 is 18.9 Å². The third-order valence-electron chi connectivity index (χ3n) is 3.98. The van der Waals surface area contributed by atoms with Crippen molar-refractivity contribution in [2.24, 2.45) is 0 Å². The van der Waals surface area contributed by atoms with Gasteiger partial charge in [-0.3, -0.25) is 9.36 Å². The zero-order chi connectivity index (χ0) is 19.6. The van der Waals surface area contributed by atoms with Gasteiger partial charge in [-0.05, 0) is 52.2 Å². The first-order chi connectivity index (χ1) is 12.8. The van der Waals surface area contributed by atoms with E-state index in [0.717, 1.165) is 10.3 Å². The molecule has 0 aliphatic carbocycles. The molecule has 0 aliphatic rings. The van der Waals surface area contributed by atoms with E-state index in [0.29, 0.717) is 21.0 Å². The van der Waals surface area contributed by atoms with Crippen molar-refractivity contribution in [2.45, 2.75) is 5.66 Å². The van der Waals surface area contributed by atoms with Crippen LogP contribution in [0.5, 0.6) is 0 Å². The van der Waals surface area contributed by atoms with E-state index in [1.165, 1.54) is 24.2 Å². The van der Waals surface area contributed by atoms with Gasteiger partial charge in [0, 0.05) is 27.6 Å². The van der Waals surface area contributed by atoms with Gasteiger partial charge in [0.2, 0.25) is 13.3 Å². The van der Waals surface area contributed by atoms with Crippen LogP contribution in [-0.2, 0) is 9.36 Å². The van der Waals surface area contributed by atoms with Crippen molar-refractivity contribution in [3.05, 3.63) is 75.2 Å². The smallest absolute Gasteiger partial charge is 0.241 e. The Hall–Kier alpha value is -1.62. The monoisotopic (exact) mass is 439 g/mol. The number of thiophene rings is 1. The molecule has 8 heteroatoms. The molecule has 0 aliphatic heterocycles. The topological polar surface area (TPSA) is 66.4 Å².